The van der Waals surface area contributed by atoms with Crippen LogP contribution in [0.25, 0.3) is 99.1 Å². The van der Waals surface area contributed by atoms with E-state index in [1.807, 2.05) is 84.1 Å². The summed E-state index contributed by atoms with van der Waals surface area (Å²) < 4.78 is 2.49. The predicted molar refractivity (Wildman–Crippen MR) is 229 cm³/mol. The van der Waals surface area contributed by atoms with Gasteiger partial charge in [0, 0.05) is 53.6 Å². The Morgan fingerprint density at radius 2 is 0.818 bits per heavy atom. The molecule has 0 fully saturated rings. The highest BCUT2D eigenvalue weighted by atomic mass is 32.1. The Labute approximate surface area is 323 Å². The first-order chi connectivity index (χ1) is 27.2. The van der Waals surface area contributed by atoms with Crippen LogP contribution in [0.5, 0.6) is 0 Å². The molecular weight excluding hydrogens is 689 g/mol. The predicted octanol–water partition coefficient (Wildman–Crippen LogP) is 13.3. The van der Waals surface area contributed by atoms with Crippen molar-refractivity contribution in [3.8, 4) is 78.9 Å². The topological polar surface area (TPSA) is 51.6 Å². The summed E-state index contributed by atoms with van der Waals surface area (Å²) in [6, 6.07) is 67.4. The summed E-state index contributed by atoms with van der Waals surface area (Å²) in [5.74, 6) is 1.85. The minimum absolute atomic E-state index is 0.602. The van der Waals surface area contributed by atoms with E-state index in [9.17, 15) is 0 Å². The zero-order valence-corrected chi connectivity index (χ0v) is 30.5. The van der Waals surface area contributed by atoms with Crippen molar-refractivity contribution in [3.05, 3.63) is 194 Å². The Kier molecular flexibility index (Phi) is 8.32. The second kappa shape index (κ2) is 14.0. The molecule has 0 radical (unpaired) electrons. The van der Waals surface area contributed by atoms with E-state index in [1.165, 1.54) is 20.2 Å². The normalized spacial score (nSPS) is 11.3. The first-order valence-corrected chi connectivity index (χ1v) is 19.1. The lowest BCUT2D eigenvalue weighted by Gasteiger charge is -2.15. The van der Waals surface area contributed by atoms with Gasteiger partial charge in [-0.05, 0) is 41.0 Å². The van der Waals surface area contributed by atoms with Gasteiger partial charge in [0.05, 0.1) is 11.4 Å². The van der Waals surface area contributed by atoms with Gasteiger partial charge >= 0.3 is 0 Å². The van der Waals surface area contributed by atoms with Gasteiger partial charge in [0.1, 0.15) is 0 Å². The minimum atomic E-state index is 0.602. The van der Waals surface area contributed by atoms with Crippen LogP contribution in [-0.2, 0) is 0 Å². The summed E-state index contributed by atoms with van der Waals surface area (Å²) in [5.41, 5.74) is 11.0. The summed E-state index contributed by atoms with van der Waals surface area (Å²) in [7, 11) is 0. The van der Waals surface area contributed by atoms with E-state index in [4.69, 9.17) is 19.9 Å². The van der Waals surface area contributed by atoms with Gasteiger partial charge in [-0.15, -0.1) is 11.3 Å². The third-order valence-corrected chi connectivity index (χ3v) is 11.2. The van der Waals surface area contributed by atoms with Crippen LogP contribution < -0.4 is 0 Å². The molecule has 3 aromatic heterocycles. The number of pyridine rings is 1. The van der Waals surface area contributed by atoms with E-state index < -0.39 is 0 Å². The molecule has 10 rings (SSSR count). The number of rotatable bonds is 7. The molecule has 0 aliphatic carbocycles. The molecule has 0 aliphatic heterocycles. The smallest absolute Gasteiger partial charge is 0.164 e. The molecule has 7 aromatic carbocycles. The Hall–Kier alpha value is -7.08. The molecule has 0 atom stereocenters. The van der Waals surface area contributed by atoms with Crippen LogP contribution in [0.15, 0.2) is 194 Å². The van der Waals surface area contributed by atoms with Gasteiger partial charge in [-0.2, -0.15) is 0 Å². The number of thiophene rings is 1. The number of aromatic nitrogens is 4. The molecule has 0 aliphatic rings. The lowest BCUT2D eigenvalue weighted by Crippen LogP contribution is -2.01. The van der Waals surface area contributed by atoms with Crippen molar-refractivity contribution in [1.29, 1.82) is 0 Å². The minimum Gasteiger partial charge on any atom is -0.248 e. The third kappa shape index (κ3) is 6.27. The molecule has 0 N–H and O–H groups in total. The number of fused-ring (bicyclic) bond motifs is 3. The maximum atomic E-state index is 5.29. The average molecular weight is 721 g/mol. The third-order valence-electron chi connectivity index (χ3n) is 9.95. The van der Waals surface area contributed by atoms with E-state index in [-0.39, 0.29) is 0 Å². The highest BCUT2D eigenvalue weighted by Gasteiger charge is 2.20. The van der Waals surface area contributed by atoms with Gasteiger partial charge in [0.15, 0.2) is 17.5 Å². The van der Waals surface area contributed by atoms with Crippen molar-refractivity contribution in [2.45, 2.75) is 0 Å². The van der Waals surface area contributed by atoms with Gasteiger partial charge in [-0.3, -0.25) is 0 Å². The van der Waals surface area contributed by atoms with Gasteiger partial charge in [0.25, 0.3) is 0 Å². The van der Waals surface area contributed by atoms with Crippen LogP contribution in [0, 0.1) is 0 Å². The summed E-state index contributed by atoms with van der Waals surface area (Å²) in [6.45, 7) is 0. The second-order valence-electron chi connectivity index (χ2n) is 13.4. The zero-order valence-electron chi connectivity index (χ0n) is 29.7. The molecule has 4 nitrogen and oxygen atoms in total. The molecule has 55 heavy (non-hydrogen) atoms. The Morgan fingerprint density at radius 1 is 0.291 bits per heavy atom. The van der Waals surface area contributed by atoms with Gasteiger partial charge in [-0.25, -0.2) is 19.9 Å². The fraction of sp³-hybridized carbons (Fsp3) is 0. The molecule has 5 heteroatoms. The van der Waals surface area contributed by atoms with Crippen LogP contribution in [0.4, 0.5) is 0 Å². The first kappa shape index (κ1) is 32.6. The first-order valence-electron chi connectivity index (χ1n) is 18.3. The molecule has 0 bridgehead atoms. The molecule has 258 valence electrons. The largest absolute Gasteiger partial charge is 0.248 e. The summed E-state index contributed by atoms with van der Waals surface area (Å²) in [6.07, 6.45) is 0. The van der Waals surface area contributed by atoms with Crippen LogP contribution >= 0.6 is 11.3 Å². The molecule has 0 saturated carbocycles. The van der Waals surface area contributed by atoms with Crippen LogP contribution in [0.1, 0.15) is 0 Å². The van der Waals surface area contributed by atoms with E-state index >= 15 is 0 Å². The van der Waals surface area contributed by atoms with Gasteiger partial charge in [0.2, 0.25) is 0 Å². The highest BCUT2D eigenvalue weighted by Crippen LogP contribution is 2.44. The SMILES string of the molecule is c1ccc(-c2cc(-c3ccccc3)nc(-c3ccc(-c4cccc5c4sc4ccccc45)c(-c4nc(-c5ccccc5)nc(-c5ccccc5)n4)c3)c2)cc1. The van der Waals surface area contributed by atoms with Crippen molar-refractivity contribution in [3.63, 3.8) is 0 Å². The maximum Gasteiger partial charge on any atom is 0.164 e. The van der Waals surface area contributed by atoms with E-state index in [1.54, 1.807) is 0 Å². The summed E-state index contributed by atoms with van der Waals surface area (Å²) in [5, 5.41) is 2.50. The lowest BCUT2D eigenvalue weighted by atomic mass is 9.93. The van der Waals surface area contributed by atoms with E-state index in [0.29, 0.717) is 17.5 Å². The van der Waals surface area contributed by atoms with Crippen LogP contribution in [-0.4, -0.2) is 19.9 Å². The molecule has 0 saturated heterocycles. The van der Waals surface area contributed by atoms with Crippen molar-refractivity contribution in [1.82, 2.24) is 19.9 Å². The highest BCUT2D eigenvalue weighted by molar-refractivity contribution is 7.26. The fourth-order valence-corrected chi connectivity index (χ4v) is 8.47. The number of nitrogens with zero attached hydrogens (tertiary/aromatic N) is 4. The summed E-state index contributed by atoms with van der Waals surface area (Å²) in [4.78, 5) is 20.8. The zero-order chi connectivity index (χ0) is 36.6. The Morgan fingerprint density at radius 3 is 1.47 bits per heavy atom. The van der Waals surface area contributed by atoms with Crippen LogP contribution in [0.3, 0.4) is 0 Å². The van der Waals surface area contributed by atoms with E-state index in [0.717, 1.165) is 61.5 Å². The molecule has 3 heterocycles. The Bertz CT molecular complexity index is 2850. The van der Waals surface area contributed by atoms with Crippen molar-refractivity contribution in [2.24, 2.45) is 0 Å². The monoisotopic (exact) mass is 720 g/mol. The average Bonchev–Trinajstić information content (AvgIpc) is 3.66. The van der Waals surface area contributed by atoms with E-state index in [2.05, 4.69) is 121 Å². The molecule has 0 amide bonds. The second-order valence-corrected chi connectivity index (χ2v) is 14.5. The molecular formula is C50H32N4S. The number of hydrogen-bond donors (Lipinski definition) is 0. The fourth-order valence-electron chi connectivity index (χ4n) is 7.24. The standard InChI is InChI=1S/C50H32N4S/c1-5-16-33(17-6-1)38-31-44(34-18-7-2-8-19-34)51-45(32-38)37-28-29-39(41-25-15-26-42-40-24-13-14-27-46(40)55-47(41)42)43(30-37)50-53-48(35-20-9-3-10-21-35)52-49(54-50)36-22-11-4-12-23-36/h1-32H. The number of hydrogen-bond acceptors (Lipinski definition) is 5. The molecule has 0 spiro atoms. The maximum absolute atomic E-state index is 5.29. The lowest BCUT2D eigenvalue weighted by molar-refractivity contribution is 1.07. The number of benzene rings is 7. The quantitative estimate of drug-likeness (QED) is 0.164. The molecule has 0 unspecified atom stereocenters. The van der Waals surface area contributed by atoms with Gasteiger partial charge in [-0.1, -0.05) is 170 Å². The Balaban J connectivity index is 1.25. The van der Waals surface area contributed by atoms with Crippen molar-refractivity contribution >= 4 is 31.5 Å². The molecule has 10 aromatic rings. The van der Waals surface area contributed by atoms with Crippen LogP contribution in [0.2, 0.25) is 0 Å². The van der Waals surface area contributed by atoms with Gasteiger partial charge < -0.3 is 0 Å². The van der Waals surface area contributed by atoms with Crippen molar-refractivity contribution < 1.29 is 0 Å². The van der Waals surface area contributed by atoms with Crippen molar-refractivity contribution in [2.75, 3.05) is 0 Å². The summed E-state index contributed by atoms with van der Waals surface area (Å²) >= 11 is 1.82.